The van der Waals surface area contributed by atoms with Crippen molar-refractivity contribution >= 4 is 11.6 Å². The van der Waals surface area contributed by atoms with E-state index in [1.165, 1.54) is 12.8 Å². The molecule has 0 atom stereocenters. The molecular formula is C16H20N6O. The lowest BCUT2D eigenvalue weighted by molar-refractivity contribution is -0.133. The minimum Gasteiger partial charge on any atom is -0.376 e. The van der Waals surface area contributed by atoms with Gasteiger partial charge in [0.15, 0.2) is 11.6 Å². The van der Waals surface area contributed by atoms with Crippen LogP contribution in [0, 0.1) is 5.92 Å². The molecule has 3 heterocycles. The molecule has 1 N–H and O–H groups in total. The fourth-order valence-electron chi connectivity index (χ4n) is 2.91. The van der Waals surface area contributed by atoms with E-state index in [1.807, 2.05) is 17.0 Å². The number of fused-ring (bicyclic) bond motifs is 1. The van der Waals surface area contributed by atoms with Gasteiger partial charge >= 0.3 is 0 Å². The molecule has 1 aliphatic heterocycles. The Morgan fingerprint density at radius 3 is 3.00 bits per heavy atom. The minimum absolute atomic E-state index is 0.261. The Morgan fingerprint density at radius 2 is 2.22 bits per heavy atom. The molecule has 1 amide bonds. The Kier molecular flexibility index (Phi) is 3.69. The predicted molar refractivity (Wildman–Crippen MR) is 84.3 cm³/mol. The summed E-state index contributed by atoms with van der Waals surface area (Å²) in [4.78, 5) is 18.2. The quantitative estimate of drug-likeness (QED) is 0.904. The van der Waals surface area contributed by atoms with E-state index in [9.17, 15) is 4.79 Å². The third kappa shape index (κ3) is 3.18. The number of rotatable bonds is 5. The van der Waals surface area contributed by atoms with Crippen LogP contribution in [0.15, 0.2) is 24.5 Å². The fraction of sp³-hybridized carbons (Fsp3) is 0.500. The first kappa shape index (κ1) is 14.2. The maximum absolute atomic E-state index is 12.2. The lowest BCUT2D eigenvalue weighted by Gasteiger charge is -2.28. The smallest absolute Gasteiger partial charge is 0.223 e. The Morgan fingerprint density at radius 1 is 1.30 bits per heavy atom. The van der Waals surface area contributed by atoms with Gasteiger partial charge in [-0.1, -0.05) is 0 Å². The second-order valence-corrected chi connectivity index (χ2v) is 6.24. The molecular weight excluding hydrogens is 292 g/mol. The van der Waals surface area contributed by atoms with Gasteiger partial charge in [0.25, 0.3) is 0 Å². The molecule has 1 fully saturated rings. The number of hydrogen-bond donors (Lipinski definition) is 1. The molecule has 0 saturated heterocycles. The van der Waals surface area contributed by atoms with Gasteiger partial charge in [-0.15, -0.1) is 10.2 Å². The van der Waals surface area contributed by atoms with Gasteiger partial charge in [0.2, 0.25) is 5.91 Å². The van der Waals surface area contributed by atoms with Crippen molar-refractivity contribution < 1.29 is 4.79 Å². The molecule has 0 aromatic carbocycles. The number of pyridine rings is 1. The number of nitrogens with one attached hydrogen (secondary N) is 1. The van der Waals surface area contributed by atoms with Crippen LogP contribution in [0.3, 0.4) is 0 Å². The topological polar surface area (TPSA) is 75.9 Å². The summed E-state index contributed by atoms with van der Waals surface area (Å²) in [7, 11) is 0. The summed E-state index contributed by atoms with van der Waals surface area (Å²) in [6.45, 7) is 2.69. The lowest BCUT2D eigenvalue weighted by Crippen LogP contribution is -2.39. The Bertz CT molecular complexity index is 694. The van der Waals surface area contributed by atoms with E-state index in [0.717, 1.165) is 30.4 Å². The number of carbonyl (C=O) groups is 1. The van der Waals surface area contributed by atoms with Crippen molar-refractivity contribution in [3.05, 3.63) is 36.2 Å². The molecule has 2 aliphatic rings. The van der Waals surface area contributed by atoms with E-state index < -0.39 is 0 Å². The zero-order valence-corrected chi connectivity index (χ0v) is 13.0. The molecule has 7 nitrogen and oxygen atoms in total. The molecule has 120 valence electrons. The van der Waals surface area contributed by atoms with Gasteiger partial charge in [0, 0.05) is 31.9 Å². The third-order valence-electron chi connectivity index (χ3n) is 4.45. The highest BCUT2D eigenvalue weighted by atomic mass is 16.2. The van der Waals surface area contributed by atoms with Crippen molar-refractivity contribution in [2.24, 2.45) is 5.92 Å². The average molecular weight is 312 g/mol. The van der Waals surface area contributed by atoms with Crippen LogP contribution < -0.4 is 5.32 Å². The SMILES string of the molecule is O=C(CC1CC1)N1CCn2c(CNc3cccnc3)nnc2C1. The summed E-state index contributed by atoms with van der Waals surface area (Å²) in [6.07, 6.45) is 6.65. The summed E-state index contributed by atoms with van der Waals surface area (Å²) >= 11 is 0. The predicted octanol–water partition coefficient (Wildman–Crippen LogP) is 1.43. The van der Waals surface area contributed by atoms with Crippen molar-refractivity contribution in [1.29, 1.82) is 0 Å². The molecule has 0 unspecified atom stereocenters. The van der Waals surface area contributed by atoms with E-state index in [1.54, 1.807) is 12.4 Å². The van der Waals surface area contributed by atoms with Crippen molar-refractivity contribution in [2.75, 3.05) is 11.9 Å². The summed E-state index contributed by atoms with van der Waals surface area (Å²) in [5, 5.41) is 11.8. The molecule has 4 rings (SSSR count). The van der Waals surface area contributed by atoms with Crippen molar-refractivity contribution in [1.82, 2.24) is 24.6 Å². The molecule has 2 aromatic rings. The zero-order chi connectivity index (χ0) is 15.6. The van der Waals surface area contributed by atoms with Gasteiger partial charge in [-0.2, -0.15) is 0 Å². The Hall–Kier alpha value is -2.44. The summed E-state index contributed by atoms with van der Waals surface area (Å²) in [5.41, 5.74) is 0.960. The molecule has 7 heteroatoms. The zero-order valence-electron chi connectivity index (χ0n) is 13.0. The van der Waals surface area contributed by atoms with Gasteiger partial charge in [-0.25, -0.2) is 0 Å². The highest BCUT2D eigenvalue weighted by molar-refractivity contribution is 5.76. The largest absolute Gasteiger partial charge is 0.376 e. The third-order valence-corrected chi connectivity index (χ3v) is 4.45. The maximum atomic E-state index is 12.2. The van der Waals surface area contributed by atoms with E-state index in [2.05, 4.69) is 25.1 Å². The molecule has 1 aliphatic carbocycles. The maximum Gasteiger partial charge on any atom is 0.223 e. The number of hydrogen-bond acceptors (Lipinski definition) is 5. The van der Waals surface area contributed by atoms with Crippen LogP contribution >= 0.6 is 0 Å². The van der Waals surface area contributed by atoms with Crippen LogP contribution in [0.2, 0.25) is 0 Å². The average Bonchev–Trinajstić information content (AvgIpc) is 3.31. The molecule has 0 spiro atoms. The Labute approximate surface area is 134 Å². The van der Waals surface area contributed by atoms with Crippen molar-refractivity contribution in [2.45, 2.75) is 38.9 Å². The second-order valence-electron chi connectivity index (χ2n) is 6.24. The van der Waals surface area contributed by atoms with E-state index >= 15 is 0 Å². The van der Waals surface area contributed by atoms with E-state index in [0.29, 0.717) is 25.4 Å². The van der Waals surface area contributed by atoms with Gasteiger partial charge in [-0.05, 0) is 30.9 Å². The molecule has 23 heavy (non-hydrogen) atoms. The molecule has 2 aromatic heterocycles. The minimum atomic E-state index is 0.261. The first-order valence-corrected chi connectivity index (χ1v) is 8.12. The summed E-state index contributed by atoms with van der Waals surface area (Å²) < 4.78 is 2.12. The molecule has 0 radical (unpaired) electrons. The lowest BCUT2D eigenvalue weighted by atomic mass is 10.2. The highest BCUT2D eigenvalue weighted by Crippen LogP contribution is 2.33. The molecule has 1 saturated carbocycles. The van der Waals surface area contributed by atoms with Crippen LogP contribution in [-0.2, 0) is 24.4 Å². The second kappa shape index (κ2) is 5.98. The first-order chi connectivity index (χ1) is 11.3. The van der Waals surface area contributed by atoms with Gasteiger partial charge in [0.05, 0.1) is 18.8 Å². The van der Waals surface area contributed by atoms with E-state index in [4.69, 9.17) is 0 Å². The van der Waals surface area contributed by atoms with Crippen LogP contribution in [0.4, 0.5) is 5.69 Å². The number of anilines is 1. The van der Waals surface area contributed by atoms with Crippen molar-refractivity contribution in [3.63, 3.8) is 0 Å². The normalized spacial score (nSPS) is 17.0. The number of nitrogens with zero attached hydrogens (tertiary/aromatic N) is 5. The van der Waals surface area contributed by atoms with Gasteiger partial charge in [0.1, 0.15) is 0 Å². The van der Waals surface area contributed by atoms with Crippen LogP contribution in [-0.4, -0.2) is 37.1 Å². The van der Waals surface area contributed by atoms with E-state index in [-0.39, 0.29) is 5.91 Å². The van der Waals surface area contributed by atoms with Crippen LogP contribution in [0.25, 0.3) is 0 Å². The monoisotopic (exact) mass is 312 g/mol. The van der Waals surface area contributed by atoms with Crippen molar-refractivity contribution in [3.8, 4) is 0 Å². The summed E-state index contributed by atoms with van der Waals surface area (Å²) in [5.74, 6) is 2.67. The van der Waals surface area contributed by atoms with Gasteiger partial charge < -0.3 is 14.8 Å². The number of aromatic nitrogens is 4. The first-order valence-electron chi connectivity index (χ1n) is 8.12. The fourth-order valence-corrected chi connectivity index (χ4v) is 2.91. The molecule has 0 bridgehead atoms. The Balaban J connectivity index is 1.39. The van der Waals surface area contributed by atoms with Gasteiger partial charge in [-0.3, -0.25) is 9.78 Å². The number of carbonyl (C=O) groups excluding carboxylic acids is 1. The standard InChI is InChI=1S/C16H20N6O/c23-16(8-12-3-4-12)21-6-7-22-14(19-20-15(22)11-21)10-18-13-2-1-5-17-9-13/h1-2,5,9,12,18H,3-4,6-8,10-11H2. The van der Waals surface area contributed by atoms with Crippen LogP contribution in [0.1, 0.15) is 30.9 Å². The highest BCUT2D eigenvalue weighted by Gasteiger charge is 2.29. The van der Waals surface area contributed by atoms with Crippen LogP contribution in [0.5, 0.6) is 0 Å². The summed E-state index contributed by atoms with van der Waals surface area (Å²) in [6, 6.07) is 3.86. The number of amides is 1.